The molecule has 0 aliphatic rings. The minimum atomic E-state index is 0.319. The van der Waals surface area contributed by atoms with Crippen molar-refractivity contribution in [3.63, 3.8) is 0 Å². The van der Waals surface area contributed by atoms with Crippen molar-refractivity contribution in [2.24, 2.45) is 0 Å². The number of nitrogens with two attached hydrogens (primary N) is 1. The van der Waals surface area contributed by atoms with E-state index >= 15 is 0 Å². The highest BCUT2D eigenvalue weighted by molar-refractivity contribution is 7.17. The quantitative estimate of drug-likeness (QED) is 0.867. The van der Waals surface area contributed by atoms with Crippen LogP contribution < -0.4 is 10.6 Å². The van der Waals surface area contributed by atoms with Gasteiger partial charge in [-0.25, -0.2) is 0 Å². The van der Waals surface area contributed by atoms with Crippen LogP contribution in [0.25, 0.3) is 0 Å². The molecule has 16 heavy (non-hydrogen) atoms. The van der Waals surface area contributed by atoms with Crippen molar-refractivity contribution in [2.45, 2.75) is 20.3 Å². The minimum Gasteiger partial charge on any atom is -0.396 e. The van der Waals surface area contributed by atoms with E-state index in [0.29, 0.717) is 16.1 Å². The van der Waals surface area contributed by atoms with Crippen LogP contribution in [-0.2, 0) is 0 Å². The molecule has 0 amide bonds. The zero-order chi connectivity index (χ0) is 12.1. The Balaban J connectivity index is 3.23. The van der Waals surface area contributed by atoms with Gasteiger partial charge in [-0.05, 0) is 13.3 Å². The number of nitriles is 2. The third-order valence-corrected chi connectivity index (χ3v) is 3.47. The fourth-order valence-corrected chi connectivity index (χ4v) is 2.58. The summed E-state index contributed by atoms with van der Waals surface area (Å²) in [6.45, 7) is 5.79. The number of nitrogen functional groups attached to an aromatic ring is 1. The van der Waals surface area contributed by atoms with E-state index in [-0.39, 0.29) is 0 Å². The summed E-state index contributed by atoms with van der Waals surface area (Å²) >= 11 is 1.30. The Bertz CT molecular complexity index is 450. The Labute approximate surface area is 99.5 Å². The topological polar surface area (TPSA) is 76.8 Å². The van der Waals surface area contributed by atoms with E-state index in [1.165, 1.54) is 11.3 Å². The molecule has 0 aromatic carbocycles. The van der Waals surface area contributed by atoms with Crippen LogP contribution in [-0.4, -0.2) is 13.1 Å². The first kappa shape index (κ1) is 12.4. The summed E-state index contributed by atoms with van der Waals surface area (Å²) in [5.74, 6) is 0. The first-order valence-electron chi connectivity index (χ1n) is 5.16. The van der Waals surface area contributed by atoms with Crippen molar-refractivity contribution in [3.8, 4) is 12.1 Å². The third-order valence-electron chi connectivity index (χ3n) is 2.30. The molecule has 0 spiro atoms. The second-order valence-electron chi connectivity index (χ2n) is 3.33. The van der Waals surface area contributed by atoms with Crippen molar-refractivity contribution in [1.82, 2.24) is 0 Å². The molecule has 2 N–H and O–H groups in total. The maximum Gasteiger partial charge on any atom is 0.131 e. The van der Waals surface area contributed by atoms with E-state index in [1.54, 1.807) is 0 Å². The summed E-state index contributed by atoms with van der Waals surface area (Å²) in [6, 6.07) is 4.11. The maximum atomic E-state index is 9.06. The molecule has 4 nitrogen and oxygen atoms in total. The van der Waals surface area contributed by atoms with Crippen LogP contribution in [0.5, 0.6) is 0 Å². The van der Waals surface area contributed by atoms with E-state index in [9.17, 15) is 0 Å². The number of thiophene rings is 1. The van der Waals surface area contributed by atoms with Gasteiger partial charge in [0, 0.05) is 13.1 Å². The molecule has 84 valence electrons. The average Bonchev–Trinajstić information content (AvgIpc) is 2.62. The normalized spacial score (nSPS) is 9.50. The van der Waals surface area contributed by atoms with Gasteiger partial charge in [0.2, 0.25) is 0 Å². The average molecular weight is 234 g/mol. The van der Waals surface area contributed by atoms with E-state index < -0.39 is 0 Å². The lowest BCUT2D eigenvalue weighted by Crippen LogP contribution is -2.23. The minimum absolute atomic E-state index is 0.319. The fourth-order valence-electron chi connectivity index (χ4n) is 1.52. The van der Waals surface area contributed by atoms with Crippen LogP contribution in [0.2, 0.25) is 0 Å². The van der Waals surface area contributed by atoms with Crippen LogP contribution in [0.3, 0.4) is 0 Å². The number of anilines is 2. The SMILES string of the molecule is CCCN(CC)c1sc(C#N)c(N)c1C#N. The molecular formula is C11H14N4S. The lowest BCUT2D eigenvalue weighted by Gasteiger charge is -2.20. The Morgan fingerprint density at radius 1 is 1.31 bits per heavy atom. The predicted molar refractivity (Wildman–Crippen MR) is 66.3 cm³/mol. The molecule has 1 heterocycles. The number of nitrogens with zero attached hydrogens (tertiary/aromatic N) is 3. The monoisotopic (exact) mass is 234 g/mol. The first-order valence-corrected chi connectivity index (χ1v) is 5.98. The fraction of sp³-hybridized carbons (Fsp3) is 0.455. The molecule has 0 aliphatic heterocycles. The molecule has 5 heteroatoms. The van der Waals surface area contributed by atoms with Crippen LogP contribution in [0.1, 0.15) is 30.7 Å². The number of rotatable bonds is 4. The maximum absolute atomic E-state index is 9.06. The summed E-state index contributed by atoms with van der Waals surface area (Å²) in [5, 5.41) is 18.8. The Kier molecular flexibility index (Phi) is 4.16. The second-order valence-corrected chi connectivity index (χ2v) is 4.33. The summed E-state index contributed by atoms with van der Waals surface area (Å²) in [7, 11) is 0. The van der Waals surface area contributed by atoms with Gasteiger partial charge < -0.3 is 10.6 Å². The van der Waals surface area contributed by atoms with Crippen LogP contribution in [0.4, 0.5) is 10.7 Å². The van der Waals surface area contributed by atoms with Gasteiger partial charge >= 0.3 is 0 Å². The van der Waals surface area contributed by atoms with E-state index in [0.717, 1.165) is 24.5 Å². The molecule has 1 aromatic rings. The number of hydrogen-bond acceptors (Lipinski definition) is 5. The van der Waals surface area contributed by atoms with Crippen LogP contribution in [0, 0.1) is 22.7 Å². The zero-order valence-electron chi connectivity index (χ0n) is 9.45. The van der Waals surface area contributed by atoms with E-state index in [4.69, 9.17) is 16.3 Å². The molecule has 0 saturated heterocycles. The predicted octanol–water partition coefficient (Wildman–Crippen LogP) is 2.31. The molecule has 0 atom stereocenters. The summed E-state index contributed by atoms with van der Waals surface area (Å²) in [5.41, 5.74) is 6.51. The van der Waals surface area contributed by atoms with Crippen LogP contribution in [0.15, 0.2) is 0 Å². The molecule has 0 unspecified atom stereocenters. The zero-order valence-corrected chi connectivity index (χ0v) is 10.3. The molecule has 1 aromatic heterocycles. The molecular weight excluding hydrogens is 220 g/mol. The van der Waals surface area contributed by atoms with Crippen molar-refractivity contribution in [3.05, 3.63) is 10.4 Å². The second kappa shape index (κ2) is 5.39. The highest BCUT2D eigenvalue weighted by atomic mass is 32.1. The van der Waals surface area contributed by atoms with Crippen molar-refractivity contribution < 1.29 is 0 Å². The van der Waals surface area contributed by atoms with Gasteiger partial charge in [-0.1, -0.05) is 6.92 Å². The third kappa shape index (κ3) is 2.10. The Morgan fingerprint density at radius 2 is 2.00 bits per heavy atom. The van der Waals surface area contributed by atoms with E-state index in [1.807, 2.05) is 13.0 Å². The first-order chi connectivity index (χ1) is 7.69. The van der Waals surface area contributed by atoms with Gasteiger partial charge in [0.05, 0.1) is 5.69 Å². The molecule has 0 radical (unpaired) electrons. The number of hydrogen-bond donors (Lipinski definition) is 1. The lowest BCUT2D eigenvalue weighted by atomic mass is 10.2. The molecule has 0 saturated carbocycles. The summed E-state index contributed by atoms with van der Waals surface area (Å²) < 4.78 is 0. The highest BCUT2D eigenvalue weighted by Gasteiger charge is 2.19. The Hall–Kier alpha value is -1.72. The smallest absolute Gasteiger partial charge is 0.131 e. The van der Waals surface area contributed by atoms with Gasteiger partial charge in [-0.2, -0.15) is 10.5 Å². The van der Waals surface area contributed by atoms with Gasteiger partial charge in [-0.3, -0.25) is 0 Å². The van der Waals surface area contributed by atoms with E-state index in [2.05, 4.69) is 17.9 Å². The summed E-state index contributed by atoms with van der Waals surface area (Å²) in [6.07, 6.45) is 0.998. The largest absolute Gasteiger partial charge is 0.396 e. The Morgan fingerprint density at radius 3 is 2.44 bits per heavy atom. The van der Waals surface area contributed by atoms with Crippen molar-refractivity contribution >= 4 is 22.0 Å². The van der Waals surface area contributed by atoms with Crippen LogP contribution >= 0.6 is 11.3 Å². The molecule has 0 aliphatic carbocycles. The van der Waals surface area contributed by atoms with Crippen molar-refractivity contribution in [1.29, 1.82) is 10.5 Å². The molecule has 1 rings (SSSR count). The highest BCUT2D eigenvalue weighted by Crippen LogP contribution is 2.37. The molecule has 0 bridgehead atoms. The van der Waals surface area contributed by atoms with Gasteiger partial charge in [0.15, 0.2) is 0 Å². The van der Waals surface area contributed by atoms with Gasteiger partial charge in [-0.15, -0.1) is 11.3 Å². The standard InChI is InChI=1S/C11H14N4S/c1-3-5-15(4-2)11-8(6-12)10(14)9(7-13)16-11/h3-5,14H2,1-2H3. The lowest BCUT2D eigenvalue weighted by molar-refractivity contribution is 0.798. The molecule has 0 fully saturated rings. The van der Waals surface area contributed by atoms with Gasteiger partial charge in [0.25, 0.3) is 0 Å². The summed E-state index contributed by atoms with van der Waals surface area (Å²) in [4.78, 5) is 2.52. The van der Waals surface area contributed by atoms with Crippen molar-refractivity contribution in [2.75, 3.05) is 23.7 Å². The van der Waals surface area contributed by atoms with Gasteiger partial charge in [0.1, 0.15) is 27.6 Å².